The number of carbonyl (C=O) groups is 1. The maximum absolute atomic E-state index is 12.2. The van der Waals surface area contributed by atoms with E-state index in [1.165, 1.54) is 30.3 Å². The van der Waals surface area contributed by atoms with Gasteiger partial charge in [-0.25, -0.2) is 0 Å². The Morgan fingerprint density at radius 1 is 1.04 bits per heavy atom. The quantitative estimate of drug-likeness (QED) is 0.884. The van der Waals surface area contributed by atoms with Crippen molar-refractivity contribution in [2.24, 2.45) is 5.92 Å². The SMILES string of the molecule is O=C(CN1CCCCC1)NCC1CCN(c2ccnc3ccccc23)CC1. The van der Waals surface area contributed by atoms with E-state index < -0.39 is 0 Å². The molecule has 0 bridgehead atoms. The number of nitrogens with zero attached hydrogens (tertiary/aromatic N) is 3. The first-order valence-corrected chi connectivity index (χ1v) is 10.4. The van der Waals surface area contributed by atoms with Crippen molar-refractivity contribution in [1.82, 2.24) is 15.2 Å². The number of likely N-dealkylation sites (tertiary alicyclic amines) is 1. The summed E-state index contributed by atoms with van der Waals surface area (Å²) in [6, 6.07) is 10.5. The van der Waals surface area contributed by atoms with Gasteiger partial charge in [-0.05, 0) is 56.8 Å². The zero-order valence-corrected chi connectivity index (χ0v) is 16.1. The largest absolute Gasteiger partial charge is 0.371 e. The van der Waals surface area contributed by atoms with Crippen molar-refractivity contribution in [2.45, 2.75) is 32.1 Å². The normalized spacial score (nSPS) is 19.3. The Morgan fingerprint density at radius 2 is 1.81 bits per heavy atom. The summed E-state index contributed by atoms with van der Waals surface area (Å²) >= 11 is 0. The van der Waals surface area contributed by atoms with Crippen LogP contribution < -0.4 is 10.2 Å². The summed E-state index contributed by atoms with van der Waals surface area (Å²) < 4.78 is 0. The molecular formula is C22H30N4O. The summed E-state index contributed by atoms with van der Waals surface area (Å²) in [5, 5.41) is 4.40. The third kappa shape index (κ3) is 4.59. The zero-order chi connectivity index (χ0) is 18.5. The first-order valence-electron chi connectivity index (χ1n) is 10.4. The van der Waals surface area contributed by atoms with E-state index in [0.717, 1.165) is 51.1 Å². The van der Waals surface area contributed by atoms with Gasteiger partial charge in [0.05, 0.1) is 12.1 Å². The number of para-hydroxylation sites is 1. The van der Waals surface area contributed by atoms with E-state index in [1.807, 2.05) is 12.3 Å². The second-order valence-electron chi connectivity index (χ2n) is 7.92. The minimum atomic E-state index is 0.194. The van der Waals surface area contributed by atoms with E-state index in [0.29, 0.717) is 12.5 Å². The van der Waals surface area contributed by atoms with Crippen LogP contribution in [0.2, 0.25) is 0 Å². The average Bonchev–Trinajstić information content (AvgIpc) is 2.73. The molecule has 0 aliphatic carbocycles. The molecule has 144 valence electrons. The van der Waals surface area contributed by atoms with Crippen molar-refractivity contribution in [3.05, 3.63) is 36.5 Å². The summed E-state index contributed by atoms with van der Waals surface area (Å²) in [5.41, 5.74) is 2.34. The molecule has 2 aliphatic heterocycles. The van der Waals surface area contributed by atoms with Crippen LogP contribution in [0.3, 0.4) is 0 Å². The summed E-state index contributed by atoms with van der Waals surface area (Å²) in [5.74, 6) is 0.777. The van der Waals surface area contributed by atoms with Gasteiger partial charge >= 0.3 is 0 Å². The predicted molar refractivity (Wildman–Crippen MR) is 110 cm³/mol. The number of nitrogens with one attached hydrogen (secondary N) is 1. The number of aromatic nitrogens is 1. The number of benzene rings is 1. The molecule has 1 aromatic carbocycles. The third-order valence-electron chi connectivity index (χ3n) is 5.99. The van der Waals surface area contributed by atoms with Crippen LogP contribution in [0.15, 0.2) is 36.5 Å². The van der Waals surface area contributed by atoms with Gasteiger partial charge in [-0.2, -0.15) is 0 Å². The average molecular weight is 367 g/mol. The van der Waals surface area contributed by atoms with Crippen LogP contribution in [0, 0.1) is 5.92 Å². The van der Waals surface area contributed by atoms with E-state index in [4.69, 9.17) is 0 Å². The fourth-order valence-corrected chi connectivity index (χ4v) is 4.37. The van der Waals surface area contributed by atoms with Gasteiger partial charge in [0.2, 0.25) is 5.91 Å². The molecule has 0 spiro atoms. The highest BCUT2D eigenvalue weighted by Gasteiger charge is 2.21. The van der Waals surface area contributed by atoms with Crippen LogP contribution in [-0.4, -0.2) is 55.1 Å². The molecule has 5 nitrogen and oxygen atoms in total. The Labute approximate surface area is 161 Å². The topological polar surface area (TPSA) is 48.5 Å². The van der Waals surface area contributed by atoms with Crippen LogP contribution >= 0.6 is 0 Å². The Hall–Kier alpha value is -2.14. The number of carbonyl (C=O) groups excluding carboxylic acids is 1. The Bertz CT molecular complexity index is 759. The molecule has 2 fully saturated rings. The number of hydrogen-bond acceptors (Lipinski definition) is 4. The number of fused-ring (bicyclic) bond motifs is 1. The number of pyridine rings is 1. The molecule has 3 heterocycles. The van der Waals surface area contributed by atoms with Gasteiger partial charge in [0.25, 0.3) is 0 Å². The lowest BCUT2D eigenvalue weighted by Crippen LogP contribution is -2.43. The van der Waals surface area contributed by atoms with Crippen molar-refractivity contribution in [2.75, 3.05) is 44.2 Å². The Morgan fingerprint density at radius 3 is 2.63 bits per heavy atom. The number of anilines is 1. The van der Waals surface area contributed by atoms with Gasteiger partial charge < -0.3 is 10.2 Å². The molecule has 0 radical (unpaired) electrons. The molecule has 0 unspecified atom stereocenters. The second kappa shape index (κ2) is 8.70. The smallest absolute Gasteiger partial charge is 0.234 e. The van der Waals surface area contributed by atoms with Gasteiger partial charge in [0.1, 0.15) is 0 Å². The predicted octanol–water partition coefficient (Wildman–Crippen LogP) is 3.05. The van der Waals surface area contributed by atoms with Crippen molar-refractivity contribution >= 4 is 22.5 Å². The molecule has 2 saturated heterocycles. The highest BCUT2D eigenvalue weighted by molar-refractivity contribution is 5.91. The van der Waals surface area contributed by atoms with E-state index in [9.17, 15) is 4.79 Å². The first-order chi connectivity index (χ1) is 13.3. The van der Waals surface area contributed by atoms with Crippen molar-refractivity contribution < 1.29 is 4.79 Å². The van der Waals surface area contributed by atoms with E-state index in [1.54, 1.807) is 0 Å². The lowest BCUT2D eigenvalue weighted by atomic mass is 9.96. The van der Waals surface area contributed by atoms with Gasteiger partial charge in [0.15, 0.2) is 0 Å². The molecule has 1 amide bonds. The number of hydrogen-bond donors (Lipinski definition) is 1. The van der Waals surface area contributed by atoms with E-state index in [-0.39, 0.29) is 5.91 Å². The Kier molecular flexibility index (Phi) is 5.87. The van der Waals surface area contributed by atoms with Crippen LogP contribution in [-0.2, 0) is 4.79 Å². The van der Waals surface area contributed by atoms with Crippen LogP contribution in [0.25, 0.3) is 10.9 Å². The minimum Gasteiger partial charge on any atom is -0.371 e. The number of amides is 1. The summed E-state index contributed by atoms with van der Waals surface area (Å²) in [7, 11) is 0. The molecular weight excluding hydrogens is 336 g/mol. The lowest BCUT2D eigenvalue weighted by Gasteiger charge is -2.34. The highest BCUT2D eigenvalue weighted by atomic mass is 16.2. The molecule has 27 heavy (non-hydrogen) atoms. The van der Waals surface area contributed by atoms with Crippen LogP contribution in [0.5, 0.6) is 0 Å². The fraction of sp³-hybridized carbons (Fsp3) is 0.545. The standard InChI is InChI=1S/C22H30N4O/c27-22(17-25-12-4-1-5-13-25)24-16-18-9-14-26(15-10-18)21-8-11-23-20-7-3-2-6-19(20)21/h2-3,6-8,11,18H,1,4-5,9-10,12-17H2,(H,24,27). The molecule has 2 aromatic rings. The highest BCUT2D eigenvalue weighted by Crippen LogP contribution is 2.28. The molecule has 4 rings (SSSR count). The van der Waals surface area contributed by atoms with Crippen LogP contribution in [0.4, 0.5) is 5.69 Å². The molecule has 2 aliphatic rings. The minimum absolute atomic E-state index is 0.194. The molecule has 5 heteroatoms. The molecule has 0 saturated carbocycles. The summed E-state index contributed by atoms with van der Waals surface area (Å²) in [6.07, 6.45) is 7.93. The fourth-order valence-electron chi connectivity index (χ4n) is 4.37. The van der Waals surface area contributed by atoms with E-state index >= 15 is 0 Å². The number of piperidine rings is 2. The van der Waals surface area contributed by atoms with Gasteiger partial charge in [-0.15, -0.1) is 0 Å². The molecule has 1 N–H and O–H groups in total. The van der Waals surface area contributed by atoms with Crippen molar-refractivity contribution in [3.8, 4) is 0 Å². The first kappa shape index (κ1) is 18.2. The maximum atomic E-state index is 12.2. The summed E-state index contributed by atoms with van der Waals surface area (Å²) in [6.45, 7) is 5.62. The zero-order valence-electron chi connectivity index (χ0n) is 16.1. The van der Waals surface area contributed by atoms with Crippen molar-refractivity contribution in [3.63, 3.8) is 0 Å². The van der Waals surface area contributed by atoms with Crippen molar-refractivity contribution in [1.29, 1.82) is 0 Å². The molecule has 1 aromatic heterocycles. The van der Waals surface area contributed by atoms with Gasteiger partial charge in [-0.3, -0.25) is 14.7 Å². The number of rotatable bonds is 5. The van der Waals surface area contributed by atoms with Crippen LogP contribution in [0.1, 0.15) is 32.1 Å². The third-order valence-corrected chi connectivity index (χ3v) is 5.99. The second-order valence-corrected chi connectivity index (χ2v) is 7.92. The van der Waals surface area contributed by atoms with E-state index in [2.05, 4.69) is 44.4 Å². The summed E-state index contributed by atoms with van der Waals surface area (Å²) in [4.78, 5) is 21.4. The maximum Gasteiger partial charge on any atom is 0.234 e. The Balaban J connectivity index is 1.26. The molecule has 0 atom stereocenters. The van der Waals surface area contributed by atoms with Gasteiger partial charge in [-0.1, -0.05) is 24.6 Å². The monoisotopic (exact) mass is 366 g/mol. The van der Waals surface area contributed by atoms with Gasteiger partial charge in [0, 0.05) is 36.9 Å². The lowest BCUT2D eigenvalue weighted by molar-refractivity contribution is -0.122.